The molecule has 35 heavy (non-hydrogen) atoms. The van der Waals surface area contributed by atoms with Crippen LogP contribution >= 0.6 is 11.8 Å². The van der Waals surface area contributed by atoms with Gasteiger partial charge in [0.1, 0.15) is 41.8 Å². The summed E-state index contributed by atoms with van der Waals surface area (Å²) in [5, 5.41) is 11.7. The molecule has 3 heterocycles. The molecule has 0 bridgehead atoms. The topological polar surface area (TPSA) is 135 Å². The number of carbonyl (C=O) groups excluding carboxylic acids is 3. The van der Waals surface area contributed by atoms with E-state index in [1.165, 1.54) is 24.8 Å². The number of nitrogens with zero attached hydrogens (tertiary/aromatic N) is 1. The quantitative estimate of drug-likeness (QED) is 0.414. The molecule has 2 aromatic rings. The number of benzene rings is 1. The fourth-order valence-corrected chi connectivity index (χ4v) is 5.11. The number of hydrogen-bond donors (Lipinski definition) is 2. The van der Waals surface area contributed by atoms with Gasteiger partial charge in [0.05, 0.1) is 0 Å². The van der Waals surface area contributed by atoms with E-state index in [0.717, 1.165) is 21.8 Å². The summed E-state index contributed by atoms with van der Waals surface area (Å²) in [6.07, 6.45) is 0. The maximum atomic E-state index is 12.7. The number of carboxylic acid groups (broad SMARTS) is 1. The molecule has 11 heteroatoms. The van der Waals surface area contributed by atoms with Crippen molar-refractivity contribution >= 4 is 35.5 Å². The Hall–Kier alpha value is -3.73. The SMILES string of the molecule is CC(=O)OCC1=C(C(=O)O)N2C(=O)[C@@H](NC(=O)c3ccc(COc4cc(C)ccc4C)o3)[C@H]2SC1. The largest absolute Gasteiger partial charge is 0.485 e. The molecule has 2 N–H and O–H groups in total. The zero-order valence-corrected chi connectivity index (χ0v) is 20.1. The highest BCUT2D eigenvalue weighted by molar-refractivity contribution is 8.00. The molecule has 1 fully saturated rings. The molecular formula is C24H24N2O8S. The van der Waals surface area contributed by atoms with Crippen molar-refractivity contribution in [3.05, 3.63) is 64.2 Å². The molecule has 2 aliphatic rings. The Bertz CT molecular complexity index is 1230. The molecular weight excluding hydrogens is 476 g/mol. The summed E-state index contributed by atoms with van der Waals surface area (Å²) in [7, 11) is 0. The van der Waals surface area contributed by atoms with Gasteiger partial charge in [0, 0.05) is 18.2 Å². The van der Waals surface area contributed by atoms with Gasteiger partial charge in [-0.25, -0.2) is 4.79 Å². The lowest BCUT2D eigenvalue weighted by Crippen LogP contribution is -2.70. The summed E-state index contributed by atoms with van der Waals surface area (Å²) in [6, 6.07) is 8.07. The molecule has 2 atom stereocenters. The maximum absolute atomic E-state index is 12.7. The molecule has 184 valence electrons. The zero-order valence-electron chi connectivity index (χ0n) is 19.3. The summed E-state index contributed by atoms with van der Waals surface area (Å²) < 4.78 is 16.3. The number of β-lactam (4-membered cyclic amide) rings is 1. The molecule has 0 aliphatic carbocycles. The lowest BCUT2D eigenvalue weighted by atomic mass is 10.0. The van der Waals surface area contributed by atoms with E-state index >= 15 is 0 Å². The van der Waals surface area contributed by atoms with Crippen LogP contribution in [-0.4, -0.2) is 57.5 Å². The third-order valence-electron chi connectivity index (χ3n) is 5.59. The second-order valence-electron chi connectivity index (χ2n) is 8.22. The third kappa shape index (κ3) is 5.04. The monoisotopic (exact) mass is 500 g/mol. The van der Waals surface area contributed by atoms with Crippen molar-refractivity contribution in [2.75, 3.05) is 12.4 Å². The lowest BCUT2D eigenvalue weighted by molar-refractivity contribution is -0.149. The van der Waals surface area contributed by atoms with Crippen LogP contribution in [0.2, 0.25) is 0 Å². The van der Waals surface area contributed by atoms with Crippen molar-refractivity contribution < 1.29 is 38.2 Å². The van der Waals surface area contributed by atoms with E-state index in [9.17, 15) is 24.3 Å². The van der Waals surface area contributed by atoms with Crippen LogP contribution in [0.5, 0.6) is 5.75 Å². The van der Waals surface area contributed by atoms with Crippen molar-refractivity contribution in [2.24, 2.45) is 0 Å². The highest BCUT2D eigenvalue weighted by Gasteiger charge is 2.54. The molecule has 2 amide bonds. The first-order chi connectivity index (χ1) is 16.7. The van der Waals surface area contributed by atoms with Crippen molar-refractivity contribution in [3.8, 4) is 5.75 Å². The maximum Gasteiger partial charge on any atom is 0.352 e. The number of ether oxygens (including phenoxy) is 2. The molecule has 0 unspecified atom stereocenters. The number of furan rings is 1. The van der Waals surface area contributed by atoms with Crippen molar-refractivity contribution in [1.82, 2.24) is 10.2 Å². The van der Waals surface area contributed by atoms with Crippen molar-refractivity contribution in [3.63, 3.8) is 0 Å². The van der Waals surface area contributed by atoms with Crippen molar-refractivity contribution in [2.45, 2.75) is 38.8 Å². The fraction of sp³-hybridized carbons (Fsp3) is 0.333. The van der Waals surface area contributed by atoms with Gasteiger partial charge in [0.2, 0.25) is 0 Å². The average Bonchev–Trinajstić information content (AvgIpc) is 3.30. The highest BCUT2D eigenvalue weighted by Crippen LogP contribution is 2.40. The third-order valence-corrected chi connectivity index (χ3v) is 6.92. The number of aliphatic carboxylic acids is 1. The number of esters is 1. The molecule has 1 aromatic carbocycles. The molecule has 2 aliphatic heterocycles. The van der Waals surface area contributed by atoms with Gasteiger partial charge in [-0.2, -0.15) is 0 Å². The Morgan fingerprint density at radius 2 is 1.97 bits per heavy atom. The number of hydrogen-bond acceptors (Lipinski definition) is 8. The standard InChI is InChI=1S/C24H24N2O8S/c1-12-4-5-13(2)18(8-12)33-10-16-6-7-17(34-16)21(28)25-19-22(29)26-20(24(30)31)15(9-32-14(3)27)11-35-23(19)26/h4-8,19,23H,9-11H2,1-3H3,(H,25,28)(H,30,31)/t19-,23-/m1/s1. The predicted molar refractivity (Wildman–Crippen MR) is 125 cm³/mol. The summed E-state index contributed by atoms with van der Waals surface area (Å²) in [5.74, 6) is -1.57. The summed E-state index contributed by atoms with van der Waals surface area (Å²) in [4.78, 5) is 49.4. The van der Waals surface area contributed by atoms with E-state index in [-0.39, 0.29) is 30.4 Å². The van der Waals surface area contributed by atoms with Gasteiger partial charge in [0.15, 0.2) is 5.76 Å². The van der Waals surface area contributed by atoms with E-state index in [1.807, 2.05) is 32.0 Å². The summed E-state index contributed by atoms with van der Waals surface area (Å²) in [5.41, 5.74) is 2.15. The predicted octanol–water partition coefficient (Wildman–Crippen LogP) is 2.39. The Labute approximate surface area is 205 Å². The minimum absolute atomic E-state index is 0.0150. The number of thioether (sulfide) groups is 1. The van der Waals surface area contributed by atoms with Gasteiger partial charge in [-0.05, 0) is 43.2 Å². The molecule has 0 radical (unpaired) electrons. The number of rotatable bonds is 8. The Morgan fingerprint density at radius 3 is 2.69 bits per heavy atom. The number of carbonyl (C=O) groups is 4. The van der Waals surface area contributed by atoms with Crippen LogP contribution in [0.3, 0.4) is 0 Å². The minimum Gasteiger partial charge on any atom is -0.485 e. The van der Waals surface area contributed by atoms with Crippen LogP contribution in [-0.2, 0) is 25.7 Å². The van der Waals surface area contributed by atoms with Crippen LogP contribution in [0.25, 0.3) is 0 Å². The normalized spacial score (nSPS) is 19.1. The van der Waals surface area contributed by atoms with E-state index < -0.39 is 35.2 Å². The molecule has 1 saturated heterocycles. The van der Waals surface area contributed by atoms with Gasteiger partial charge in [-0.3, -0.25) is 19.3 Å². The molecule has 1 aromatic heterocycles. The smallest absolute Gasteiger partial charge is 0.352 e. The van der Waals surface area contributed by atoms with Gasteiger partial charge >= 0.3 is 11.9 Å². The summed E-state index contributed by atoms with van der Waals surface area (Å²) >= 11 is 1.28. The molecule has 0 spiro atoms. The first-order valence-corrected chi connectivity index (χ1v) is 11.8. The number of nitrogens with one attached hydrogen (secondary N) is 1. The van der Waals surface area contributed by atoms with Gasteiger partial charge in [0.25, 0.3) is 11.8 Å². The van der Waals surface area contributed by atoms with Gasteiger partial charge < -0.3 is 24.3 Å². The average molecular weight is 501 g/mol. The zero-order chi connectivity index (χ0) is 25.3. The summed E-state index contributed by atoms with van der Waals surface area (Å²) in [6.45, 7) is 5.03. The van der Waals surface area contributed by atoms with E-state index in [1.54, 1.807) is 6.07 Å². The Kier molecular flexibility index (Phi) is 6.88. The molecule has 10 nitrogen and oxygen atoms in total. The Morgan fingerprint density at radius 1 is 1.20 bits per heavy atom. The second-order valence-corrected chi connectivity index (χ2v) is 9.33. The fourth-order valence-electron chi connectivity index (χ4n) is 3.78. The Balaban J connectivity index is 1.39. The van der Waals surface area contributed by atoms with Gasteiger partial charge in [-0.1, -0.05) is 12.1 Å². The second kappa shape index (κ2) is 9.87. The lowest BCUT2D eigenvalue weighted by Gasteiger charge is -2.49. The number of amides is 2. The number of carboxylic acids is 1. The molecule has 0 saturated carbocycles. The van der Waals surface area contributed by atoms with Crippen LogP contribution in [0.4, 0.5) is 0 Å². The number of aryl methyl sites for hydroxylation is 2. The van der Waals surface area contributed by atoms with Crippen molar-refractivity contribution in [1.29, 1.82) is 0 Å². The van der Waals surface area contributed by atoms with Crippen LogP contribution in [0.1, 0.15) is 34.4 Å². The van der Waals surface area contributed by atoms with Crippen LogP contribution in [0, 0.1) is 13.8 Å². The number of fused-ring (bicyclic) bond motifs is 1. The van der Waals surface area contributed by atoms with E-state index in [4.69, 9.17) is 13.9 Å². The van der Waals surface area contributed by atoms with Crippen LogP contribution in [0.15, 0.2) is 46.0 Å². The van der Waals surface area contributed by atoms with E-state index in [2.05, 4.69) is 5.32 Å². The minimum atomic E-state index is -1.30. The van der Waals surface area contributed by atoms with E-state index in [0.29, 0.717) is 11.3 Å². The molecule has 4 rings (SSSR count). The highest BCUT2D eigenvalue weighted by atomic mass is 32.2. The van der Waals surface area contributed by atoms with Gasteiger partial charge in [-0.15, -0.1) is 11.8 Å². The van der Waals surface area contributed by atoms with Crippen LogP contribution < -0.4 is 10.1 Å². The first-order valence-electron chi connectivity index (χ1n) is 10.8. The first kappa shape index (κ1) is 24.4.